The van der Waals surface area contributed by atoms with Gasteiger partial charge in [-0.1, -0.05) is 17.4 Å². The van der Waals surface area contributed by atoms with Gasteiger partial charge in [-0.3, -0.25) is 14.6 Å². The standard InChI is InChI=1S/C24H30N4O3S/c1-4-31-20-6-5-7-21-22(20)25-24(32-21)28(13-12-27-14-16-30-17-15-27)23(29)18-8-10-19(11-9-18)26(2)3/h5-11H,4,12-17H2,1-3H3. The van der Waals surface area contributed by atoms with Gasteiger partial charge in [0.15, 0.2) is 5.13 Å². The number of hydrogen-bond donors (Lipinski definition) is 0. The molecule has 0 aliphatic carbocycles. The summed E-state index contributed by atoms with van der Waals surface area (Å²) in [7, 11) is 3.98. The number of anilines is 2. The fourth-order valence-corrected chi connectivity index (χ4v) is 4.71. The van der Waals surface area contributed by atoms with Gasteiger partial charge in [-0.15, -0.1) is 0 Å². The van der Waals surface area contributed by atoms with E-state index in [2.05, 4.69) is 4.90 Å². The van der Waals surface area contributed by atoms with Gasteiger partial charge < -0.3 is 14.4 Å². The quantitative estimate of drug-likeness (QED) is 0.517. The van der Waals surface area contributed by atoms with Crippen LogP contribution in [0.15, 0.2) is 42.5 Å². The zero-order valence-corrected chi connectivity index (χ0v) is 19.7. The van der Waals surface area contributed by atoms with Gasteiger partial charge in [-0.25, -0.2) is 4.98 Å². The van der Waals surface area contributed by atoms with Crippen molar-refractivity contribution >= 4 is 38.3 Å². The summed E-state index contributed by atoms with van der Waals surface area (Å²) in [6.45, 7) is 7.11. The van der Waals surface area contributed by atoms with Crippen molar-refractivity contribution in [1.29, 1.82) is 0 Å². The Morgan fingerprint density at radius 2 is 1.91 bits per heavy atom. The average Bonchev–Trinajstić information content (AvgIpc) is 3.25. The molecule has 170 valence electrons. The zero-order valence-electron chi connectivity index (χ0n) is 18.9. The molecule has 0 radical (unpaired) electrons. The molecule has 3 aromatic rings. The van der Waals surface area contributed by atoms with Crippen LogP contribution in [0.5, 0.6) is 5.75 Å². The molecular weight excluding hydrogens is 424 g/mol. The molecule has 0 N–H and O–H groups in total. The number of morpholine rings is 1. The predicted octanol–water partition coefficient (Wildman–Crippen LogP) is 3.74. The van der Waals surface area contributed by atoms with Crippen LogP contribution in [0, 0.1) is 0 Å². The number of amides is 1. The van der Waals surface area contributed by atoms with Crippen molar-refractivity contribution in [3.05, 3.63) is 48.0 Å². The lowest BCUT2D eigenvalue weighted by Gasteiger charge is -2.29. The smallest absolute Gasteiger partial charge is 0.260 e. The Balaban J connectivity index is 1.64. The second kappa shape index (κ2) is 10.3. The number of carbonyl (C=O) groups excluding carboxylic acids is 1. The molecule has 1 aliphatic rings. The van der Waals surface area contributed by atoms with Crippen molar-refractivity contribution in [2.45, 2.75) is 6.92 Å². The molecule has 1 aromatic heterocycles. The van der Waals surface area contributed by atoms with Gasteiger partial charge in [0.25, 0.3) is 5.91 Å². The zero-order chi connectivity index (χ0) is 22.5. The van der Waals surface area contributed by atoms with Gasteiger partial charge in [0.1, 0.15) is 11.3 Å². The summed E-state index contributed by atoms with van der Waals surface area (Å²) >= 11 is 1.53. The van der Waals surface area contributed by atoms with Crippen LogP contribution >= 0.6 is 11.3 Å². The molecule has 32 heavy (non-hydrogen) atoms. The number of nitrogens with zero attached hydrogens (tertiary/aromatic N) is 4. The monoisotopic (exact) mass is 454 g/mol. The molecule has 0 unspecified atom stereocenters. The molecule has 1 amide bonds. The van der Waals surface area contributed by atoms with E-state index in [0.717, 1.165) is 54.5 Å². The van der Waals surface area contributed by atoms with Crippen LogP contribution in [0.25, 0.3) is 10.2 Å². The summed E-state index contributed by atoms with van der Waals surface area (Å²) in [6.07, 6.45) is 0. The summed E-state index contributed by atoms with van der Waals surface area (Å²) in [5, 5.41) is 0.696. The second-order valence-corrected chi connectivity index (χ2v) is 8.89. The molecule has 2 aromatic carbocycles. The molecule has 8 heteroatoms. The van der Waals surface area contributed by atoms with Gasteiger partial charge in [0, 0.05) is 51.5 Å². The Morgan fingerprint density at radius 1 is 1.16 bits per heavy atom. The van der Waals surface area contributed by atoms with E-state index in [9.17, 15) is 4.79 Å². The first-order valence-corrected chi connectivity index (χ1v) is 11.8. The Morgan fingerprint density at radius 3 is 2.59 bits per heavy atom. The topological polar surface area (TPSA) is 58.1 Å². The van der Waals surface area contributed by atoms with Gasteiger partial charge in [-0.05, 0) is 43.3 Å². The van der Waals surface area contributed by atoms with E-state index in [1.807, 2.05) is 68.4 Å². The van der Waals surface area contributed by atoms with Crippen LogP contribution in [0.2, 0.25) is 0 Å². The minimum atomic E-state index is -0.0411. The van der Waals surface area contributed by atoms with Gasteiger partial charge in [0.05, 0.1) is 24.5 Å². The van der Waals surface area contributed by atoms with E-state index in [4.69, 9.17) is 14.5 Å². The average molecular weight is 455 g/mol. The second-order valence-electron chi connectivity index (χ2n) is 7.88. The highest BCUT2D eigenvalue weighted by Crippen LogP contribution is 2.35. The molecule has 0 spiro atoms. The molecule has 0 bridgehead atoms. The normalized spacial score (nSPS) is 14.5. The SMILES string of the molecule is CCOc1cccc2sc(N(CCN3CCOCC3)C(=O)c3ccc(N(C)C)cc3)nc12. The van der Waals surface area contributed by atoms with Crippen LogP contribution in [0.4, 0.5) is 10.8 Å². The van der Waals surface area contributed by atoms with E-state index in [-0.39, 0.29) is 5.91 Å². The summed E-state index contributed by atoms with van der Waals surface area (Å²) in [4.78, 5) is 24.6. The van der Waals surface area contributed by atoms with Crippen LogP contribution < -0.4 is 14.5 Å². The molecule has 1 aliphatic heterocycles. The number of carbonyl (C=O) groups is 1. The number of fused-ring (bicyclic) bond motifs is 1. The fourth-order valence-electron chi connectivity index (χ4n) is 3.71. The Kier molecular flexibility index (Phi) is 7.24. The number of benzene rings is 2. The Hall–Kier alpha value is -2.68. The van der Waals surface area contributed by atoms with Gasteiger partial charge in [-0.2, -0.15) is 0 Å². The lowest BCUT2D eigenvalue weighted by Crippen LogP contribution is -2.43. The summed E-state index contributed by atoms with van der Waals surface area (Å²) < 4.78 is 12.2. The minimum Gasteiger partial charge on any atom is -0.492 e. The summed E-state index contributed by atoms with van der Waals surface area (Å²) in [5.41, 5.74) is 2.52. The molecule has 0 saturated carbocycles. The maximum atomic E-state index is 13.6. The summed E-state index contributed by atoms with van der Waals surface area (Å²) in [6, 6.07) is 13.6. The van der Waals surface area contributed by atoms with Crippen LogP contribution in [0.1, 0.15) is 17.3 Å². The van der Waals surface area contributed by atoms with Gasteiger partial charge >= 0.3 is 0 Å². The number of hydrogen-bond acceptors (Lipinski definition) is 7. The molecular formula is C24H30N4O3S. The number of rotatable bonds is 8. The van der Waals surface area contributed by atoms with Crippen LogP contribution in [0.3, 0.4) is 0 Å². The van der Waals surface area contributed by atoms with E-state index in [1.54, 1.807) is 4.90 Å². The lowest BCUT2D eigenvalue weighted by molar-refractivity contribution is 0.0391. The van der Waals surface area contributed by atoms with Crippen molar-refractivity contribution in [2.24, 2.45) is 0 Å². The van der Waals surface area contributed by atoms with E-state index < -0.39 is 0 Å². The number of ether oxygens (including phenoxy) is 2. The molecule has 1 saturated heterocycles. The Labute approximate surface area is 193 Å². The molecule has 7 nitrogen and oxygen atoms in total. The number of para-hydroxylation sites is 1. The van der Waals surface area contributed by atoms with Crippen molar-refractivity contribution in [1.82, 2.24) is 9.88 Å². The molecule has 4 rings (SSSR count). The first-order valence-electron chi connectivity index (χ1n) is 11.0. The van der Waals surface area contributed by atoms with Crippen molar-refractivity contribution in [3.8, 4) is 5.75 Å². The first kappa shape index (κ1) is 22.5. The van der Waals surface area contributed by atoms with E-state index in [0.29, 0.717) is 23.8 Å². The Bertz CT molecular complexity index is 1050. The molecule has 2 heterocycles. The third kappa shape index (κ3) is 5.03. The number of aromatic nitrogens is 1. The van der Waals surface area contributed by atoms with E-state index >= 15 is 0 Å². The van der Waals surface area contributed by atoms with Crippen molar-refractivity contribution in [2.75, 3.05) is 69.9 Å². The largest absolute Gasteiger partial charge is 0.492 e. The number of thiazole rings is 1. The van der Waals surface area contributed by atoms with Crippen molar-refractivity contribution < 1.29 is 14.3 Å². The van der Waals surface area contributed by atoms with Crippen LogP contribution in [-0.2, 0) is 4.74 Å². The van der Waals surface area contributed by atoms with Gasteiger partial charge in [0.2, 0.25) is 0 Å². The van der Waals surface area contributed by atoms with Crippen molar-refractivity contribution in [3.63, 3.8) is 0 Å². The molecule has 0 atom stereocenters. The maximum Gasteiger partial charge on any atom is 0.260 e. The highest BCUT2D eigenvalue weighted by Gasteiger charge is 2.23. The highest BCUT2D eigenvalue weighted by molar-refractivity contribution is 7.22. The summed E-state index contributed by atoms with van der Waals surface area (Å²) in [5.74, 6) is 0.712. The predicted molar refractivity (Wildman–Crippen MR) is 130 cm³/mol. The van der Waals surface area contributed by atoms with E-state index in [1.165, 1.54) is 11.3 Å². The van der Waals surface area contributed by atoms with Crippen LogP contribution in [-0.4, -0.2) is 75.9 Å². The maximum absolute atomic E-state index is 13.6. The lowest BCUT2D eigenvalue weighted by atomic mass is 10.1. The highest BCUT2D eigenvalue weighted by atomic mass is 32.1. The third-order valence-electron chi connectivity index (χ3n) is 5.52. The minimum absolute atomic E-state index is 0.0411. The fraction of sp³-hybridized carbons (Fsp3) is 0.417. The first-order chi connectivity index (χ1) is 15.6. The third-order valence-corrected chi connectivity index (χ3v) is 6.56. The molecule has 1 fully saturated rings.